The van der Waals surface area contributed by atoms with Gasteiger partial charge in [0.15, 0.2) is 11.9 Å². The molecule has 1 unspecified atom stereocenters. The van der Waals surface area contributed by atoms with Crippen LogP contribution in [0.1, 0.15) is 35.6 Å². The number of fused-ring (bicyclic) bond motifs is 1. The van der Waals surface area contributed by atoms with E-state index in [4.69, 9.17) is 4.74 Å². The quantitative estimate of drug-likeness (QED) is 0.324. The van der Waals surface area contributed by atoms with E-state index in [0.717, 1.165) is 34.6 Å². The number of carbonyl (C=O) groups is 1. The molecule has 0 amide bonds. The number of ketones is 1. The summed E-state index contributed by atoms with van der Waals surface area (Å²) >= 11 is 0. The summed E-state index contributed by atoms with van der Waals surface area (Å²) in [5, 5.41) is 0. The SMILES string of the molecule is CC(=O)c1ccccc1-c1ccc2nc(/C=C/c3ccc(OC(C)C(F)(F)F)cc3)[nH]c2c1. The Morgan fingerprint density at radius 1 is 1.03 bits per heavy atom. The van der Waals surface area contributed by atoms with Crippen LogP contribution in [-0.2, 0) is 0 Å². The average Bonchev–Trinajstić information content (AvgIpc) is 3.20. The second-order valence-electron chi connectivity index (χ2n) is 7.66. The highest BCUT2D eigenvalue weighted by molar-refractivity contribution is 6.01. The number of nitrogens with one attached hydrogen (secondary N) is 1. The zero-order valence-corrected chi connectivity index (χ0v) is 18.0. The number of carbonyl (C=O) groups excluding carboxylic acids is 1. The lowest BCUT2D eigenvalue weighted by Crippen LogP contribution is -2.31. The van der Waals surface area contributed by atoms with Crippen molar-refractivity contribution in [3.05, 3.63) is 83.7 Å². The zero-order valence-electron chi connectivity index (χ0n) is 18.0. The number of H-pyrrole nitrogens is 1. The second kappa shape index (κ2) is 8.94. The number of alkyl halides is 3. The standard InChI is InChI=1S/C26H21F3N2O2/c1-16(32)21-5-3-4-6-22(21)19-10-13-23-24(15-19)31-25(30-23)14-9-18-7-11-20(12-8-18)33-17(2)26(27,28)29/h3-15,17H,1-2H3,(H,30,31)/b14-9+. The summed E-state index contributed by atoms with van der Waals surface area (Å²) in [5.41, 5.74) is 4.84. The van der Waals surface area contributed by atoms with E-state index in [9.17, 15) is 18.0 Å². The van der Waals surface area contributed by atoms with Gasteiger partial charge in [0.05, 0.1) is 11.0 Å². The molecule has 1 heterocycles. The lowest BCUT2D eigenvalue weighted by molar-refractivity contribution is -0.189. The van der Waals surface area contributed by atoms with Crippen LogP contribution in [0.25, 0.3) is 34.3 Å². The molecule has 0 fully saturated rings. The molecule has 0 aliphatic heterocycles. The molecule has 4 rings (SSSR count). The first-order valence-corrected chi connectivity index (χ1v) is 10.3. The maximum atomic E-state index is 12.6. The number of nitrogens with zero attached hydrogens (tertiary/aromatic N) is 1. The molecule has 0 saturated heterocycles. The molecular weight excluding hydrogens is 429 g/mol. The number of hydrogen-bond donors (Lipinski definition) is 1. The number of Topliss-reactive ketones (excluding diaryl/α,β-unsaturated/α-hetero) is 1. The first kappa shape index (κ1) is 22.3. The number of aromatic amines is 1. The van der Waals surface area contributed by atoms with E-state index in [1.807, 2.05) is 42.5 Å². The molecule has 168 valence electrons. The van der Waals surface area contributed by atoms with Gasteiger partial charge < -0.3 is 9.72 Å². The fourth-order valence-electron chi connectivity index (χ4n) is 3.42. The van der Waals surface area contributed by atoms with Crippen molar-refractivity contribution in [2.24, 2.45) is 0 Å². The van der Waals surface area contributed by atoms with Crippen LogP contribution < -0.4 is 4.74 Å². The van der Waals surface area contributed by atoms with Gasteiger partial charge in [-0.3, -0.25) is 4.79 Å². The molecule has 0 radical (unpaired) electrons. The monoisotopic (exact) mass is 450 g/mol. The summed E-state index contributed by atoms with van der Waals surface area (Å²) in [6, 6.07) is 19.6. The van der Waals surface area contributed by atoms with Gasteiger partial charge in [0.25, 0.3) is 0 Å². The Morgan fingerprint density at radius 3 is 2.45 bits per heavy atom. The van der Waals surface area contributed by atoms with E-state index in [2.05, 4.69) is 9.97 Å². The van der Waals surface area contributed by atoms with Gasteiger partial charge in [-0.15, -0.1) is 0 Å². The largest absolute Gasteiger partial charge is 0.481 e. The van der Waals surface area contributed by atoms with Gasteiger partial charge in [-0.05, 0) is 60.9 Å². The van der Waals surface area contributed by atoms with Gasteiger partial charge in [0.1, 0.15) is 11.6 Å². The molecule has 0 saturated carbocycles. The van der Waals surface area contributed by atoms with Crippen molar-refractivity contribution in [2.45, 2.75) is 26.1 Å². The fraction of sp³-hybridized carbons (Fsp3) is 0.154. The summed E-state index contributed by atoms with van der Waals surface area (Å²) in [6.07, 6.45) is -2.69. The lowest BCUT2D eigenvalue weighted by Gasteiger charge is -2.17. The van der Waals surface area contributed by atoms with Crippen molar-refractivity contribution in [2.75, 3.05) is 0 Å². The molecule has 33 heavy (non-hydrogen) atoms. The Hall–Kier alpha value is -3.87. The highest BCUT2D eigenvalue weighted by atomic mass is 19.4. The van der Waals surface area contributed by atoms with Gasteiger partial charge >= 0.3 is 6.18 Å². The third-order valence-electron chi connectivity index (χ3n) is 5.21. The minimum Gasteiger partial charge on any atom is -0.481 e. The van der Waals surface area contributed by atoms with Crippen LogP contribution in [0.4, 0.5) is 13.2 Å². The number of imidazole rings is 1. The molecular formula is C26H21F3N2O2. The minimum atomic E-state index is -4.41. The predicted octanol–water partition coefficient (Wildman–Crippen LogP) is 6.93. The highest BCUT2D eigenvalue weighted by Crippen LogP contribution is 2.28. The van der Waals surface area contributed by atoms with Crippen molar-refractivity contribution in [3.63, 3.8) is 0 Å². The lowest BCUT2D eigenvalue weighted by atomic mass is 9.97. The van der Waals surface area contributed by atoms with Crippen LogP contribution in [-0.4, -0.2) is 28.0 Å². The Labute approximate surface area is 188 Å². The van der Waals surface area contributed by atoms with Crippen LogP contribution in [0, 0.1) is 0 Å². The third-order valence-corrected chi connectivity index (χ3v) is 5.21. The van der Waals surface area contributed by atoms with Crippen molar-refractivity contribution in [1.82, 2.24) is 9.97 Å². The van der Waals surface area contributed by atoms with Crippen LogP contribution in [0.2, 0.25) is 0 Å². The van der Waals surface area contributed by atoms with Crippen molar-refractivity contribution in [3.8, 4) is 16.9 Å². The molecule has 1 atom stereocenters. The Morgan fingerprint density at radius 2 is 1.76 bits per heavy atom. The number of hydrogen-bond acceptors (Lipinski definition) is 3. The molecule has 7 heteroatoms. The average molecular weight is 450 g/mol. The predicted molar refractivity (Wildman–Crippen MR) is 123 cm³/mol. The van der Waals surface area contributed by atoms with Gasteiger partial charge in [-0.2, -0.15) is 13.2 Å². The number of aromatic nitrogens is 2. The normalized spacial score (nSPS) is 12.9. The maximum absolute atomic E-state index is 12.6. The summed E-state index contributed by atoms with van der Waals surface area (Å²) in [6.45, 7) is 2.52. The van der Waals surface area contributed by atoms with E-state index in [-0.39, 0.29) is 11.5 Å². The molecule has 4 nitrogen and oxygen atoms in total. The Kier molecular flexibility index (Phi) is 6.05. The van der Waals surface area contributed by atoms with Crippen LogP contribution in [0.5, 0.6) is 5.75 Å². The first-order valence-electron chi connectivity index (χ1n) is 10.3. The van der Waals surface area contributed by atoms with Gasteiger partial charge in [0, 0.05) is 5.56 Å². The van der Waals surface area contributed by atoms with Gasteiger partial charge in [-0.25, -0.2) is 4.98 Å². The minimum absolute atomic E-state index is 0.00297. The van der Waals surface area contributed by atoms with Crippen LogP contribution >= 0.6 is 0 Å². The molecule has 0 spiro atoms. The van der Waals surface area contributed by atoms with E-state index in [0.29, 0.717) is 11.4 Å². The topological polar surface area (TPSA) is 55.0 Å². The van der Waals surface area contributed by atoms with Gasteiger partial charge in [0.2, 0.25) is 0 Å². The van der Waals surface area contributed by atoms with Crippen LogP contribution in [0.15, 0.2) is 66.7 Å². The molecule has 1 aromatic heterocycles. The second-order valence-corrected chi connectivity index (χ2v) is 7.66. The van der Waals surface area contributed by atoms with Crippen molar-refractivity contribution in [1.29, 1.82) is 0 Å². The molecule has 4 aromatic rings. The number of benzene rings is 3. The van der Waals surface area contributed by atoms with Crippen LogP contribution in [0.3, 0.4) is 0 Å². The maximum Gasteiger partial charge on any atom is 0.425 e. The number of halogens is 3. The molecule has 3 aromatic carbocycles. The zero-order chi connectivity index (χ0) is 23.6. The van der Waals surface area contributed by atoms with E-state index in [1.54, 1.807) is 31.2 Å². The van der Waals surface area contributed by atoms with Crippen molar-refractivity contribution >= 4 is 29.0 Å². The fourth-order valence-corrected chi connectivity index (χ4v) is 3.42. The summed E-state index contributed by atoms with van der Waals surface area (Å²) in [5.74, 6) is 0.787. The molecule has 0 bridgehead atoms. The van der Waals surface area contributed by atoms with E-state index >= 15 is 0 Å². The van der Waals surface area contributed by atoms with E-state index in [1.165, 1.54) is 12.1 Å². The van der Waals surface area contributed by atoms with E-state index < -0.39 is 12.3 Å². The number of rotatable bonds is 6. The van der Waals surface area contributed by atoms with Gasteiger partial charge in [-0.1, -0.05) is 48.5 Å². The molecule has 0 aliphatic rings. The Balaban J connectivity index is 1.52. The molecule has 1 N–H and O–H groups in total. The summed E-state index contributed by atoms with van der Waals surface area (Å²) in [7, 11) is 0. The third kappa shape index (κ3) is 5.14. The summed E-state index contributed by atoms with van der Waals surface area (Å²) < 4.78 is 42.8. The first-order chi connectivity index (χ1) is 15.7. The molecule has 0 aliphatic carbocycles. The smallest absolute Gasteiger partial charge is 0.425 e. The highest BCUT2D eigenvalue weighted by Gasteiger charge is 2.37. The Bertz CT molecular complexity index is 1320. The van der Waals surface area contributed by atoms with Crippen molar-refractivity contribution < 1.29 is 22.7 Å². The number of ether oxygens (including phenoxy) is 1. The summed E-state index contributed by atoms with van der Waals surface area (Å²) in [4.78, 5) is 19.7.